The van der Waals surface area contributed by atoms with Gasteiger partial charge in [-0.1, -0.05) is 12.1 Å². The van der Waals surface area contributed by atoms with Crippen molar-refractivity contribution in [1.29, 1.82) is 0 Å². The number of methoxy groups -OCH3 is 1. The van der Waals surface area contributed by atoms with Crippen LogP contribution in [-0.2, 0) is 24.1 Å². The van der Waals surface area contributed by atoms with Crippen LogP contribution in [0.5, 0.6) is 0 Å². The van der Waals surface area contributed by atoms with Crippen LogP contribution in [0, 0.1) is 0 Å². The van der Waals surface area contributed by atoms with Crippen molar-refractivity contribution in [3.05, 3.63) is 29.8 Å². The molecule has 0 aliphatic carbocycles. The van der Waals surface area contributed by atoms with E-state index >= 15 is 0 Å². The van der Waals surface area contributed by atoms with E-state index in [1.807, 2.05) is 0 Å². The van der Waals surface area contributed by atoms with Gasteiger partial charge in [0, 0.05) is 23.8 Å². The van der Waals surface area contributed by atoms with E-state index in [0.29, 0.717) is 30.0 Å². The molecule has 2 rings (SSSR count). The number of thioether (sulfide) groups is 1. The number of hydrogen-bond donors (Lipinski definition) is 1. The molecule has 1 aromatic carbocycles. The summed E-state index contributed by atoms with van der Waals surface area (Å²) in [5.74, 6) is -0.717. The summed E-state index contributed by atoms with van der Waals surface area (Å²) >= 11 is 1.36. The van der Waals surface area contributed by atoms with Gasteiger partial charge in [0.1, 0.15) is 0 Å². The topological polar surface area (TPSA) is 98.8 Å². The van der Waals surface area contributed by atoms with Crippen molar-refractivity contribution in [3.8, 4) is 0 Å². The second-order valence-corrected chi connectivity index (χ2v) is 9.13. The molecular formula is C16H21NO6S2. The van der Waals surface area contributed by atoms with Crippen LogP contribution in [0.25, 0.3) is 0 Å². The van der Waals surface area contributed by atoms with Gasteiger partial charge in [0.2, 0.25) is 0 Å². The summed E-state index contributed by atoms with van der Waals surface area (Å²) in [6, 6.07) is 6.84. The summed E-state index contributed by atoms with van der Waals surface area (Å²) in [6.45, 7) is 0.346. The molecule has 7 nitrogen and oxygen atoms in total. The monoisotopic (exact) mass is 387 g/mol. The Morgan fingerprint density at radius 2 is 2.08 bits per heavy atom. The van der Waals surface area contributed by atoms with E-state index in [2.05, 4.69) is 5.32 Å². The molecule has 1 aliphatic heterocycles. The third-order valence-corrected chi connectivity index (χ3v) is 6.88. The van der Waals surface area contributed by atoms with E-state index < -0.39 is 21.7 Å². The van der Waals surface area contributed by atoms with Crippen molar-refractivity contribution in [2.75, 3.05) is 38.4 Å². The molecule has 1 fully saturated rings. The maximum Gasteiger partial charge on any atom is 0.339 e. The van der Waals surface area contributed by atoms with Crippen molar-refractivity contribution in [2.45, 2.75) is 16.6 Å². The van der Waals surface area contributed by atoms with Gasteiger partial charge >= 0.3 is 5.97 Å². The number of nitrogens with one attached hydrogen (secondary N) is 1. The molecule has 138 valence electrons. The average Bonchev–Trinajstić information content (AvgIpc) is 2.92. The summed E-state index contributed by atoms with van der Waals surface area (Å²) in [7, 11) is -1.46. The molecule has 9 heteroatoms. The van der Waals surface area contributed by atoms with Gasteiger partial charge in [-0.3, -0.25) is 4.79 Å². The Morgan fingerprint density at radius 1 is 1.32 bits per heavy atom. The molecule has 0 saturated carbocycles. The minimum Gasteiger partial charge on any atom is -0.452 e. The first-order valence-electron chi connectivity index (χ1n) is 7.80. The molecule has 1 N–H and O–H groups in total. The van der Waals surface area contributed by atoms with Gasteiger partial charge in [-0.2, -0.15) is 0 Å². The molecule has 0 unspecified atom stereocenters. The van der Waals surface area contributed by atoms with Crippen LogP contribution in [-0.4, -0.2) is 63.9 Å². The lowest BCUT2D eigenvalue weighted by molar-refractivity contribution is -0.124. The van der Waals surface area contributed by atoms with Crippen molar-refractivity contribution in [3.63, 3.8) is 0 Å². The Balaban J connectivity index is 1.93. The number of hydrogen-bond acceptors (Lipinski definition) is 7. The predicted octanol–water partition coefficient (Wildman–Crippen LogP) is 0.885. The summed E-state index contributed by atoms with van der Waals surface area (Å²) in [6.07, 6.45) is 0.568. The molecule has 1 atom stereocenters. The van der Waals surface area contributed by atoms with Crippen molar-refractivity contribution < 1.29 is 27.5 Å². The third kappa shape index (κ3) is 6.33. The lowest BCUT2D eigenvalue weighted by atomic mass is 10.2. The first-order chi connectivity index (χ1) is 11.9. The fraction of sp³-hybridized carbons (Fsp3) is 0.500. The lowest BCUT2D eigenvalue weighted by Gasteiger charge is -2.12. The van der Waals surface area contributed by atoms with E-state index in [4.69, 9.17) is 9.47 Å². The minimum atomic E-state index is -2.98. The van der Waals surface area contributed by atoms with Crippen LogP contribution in [0.15, 0.2) is 29.2 Å². The summed E-state index contributed by atoms with van der Waals surface area (Å²) < 4.78 is 33.0. The van der Waals surface area contributed by atoms with Gasteiger partial charge in [0.05, 0.1) is 23.7 Å². The Hall–Kier alpha value is -1.58. The maximum atomic E-state index is 12.2. The van der Waals surface area contributed by atoms with Crippen LogP contribution in [0.1, 0.15) is 16.8 Å². The maximum absolute atomic E-state index is 12.2. The molecule has 25 heavy (non-hydrogen) atoms. The normalized spacial score (nSPS) is 18.7. The lowest BCUT2D eigenvalue weighted by Crippen LogP contribution is -2.31. The summed E-state index contributed by atoms with van der Waals surface area (Å²) in [4.78, 5) is 24.5. The van der Waals surface area contributed by atoms with Crippen LogP contribution >= 0.6 is 11.8 Å². The van der Waals surface area contributed by atoms with E-state index in [0.717, 1.165) is 0 Å². The van der Waals surface area contributed by atoms with Gasteiger partial charge in [-0.05, 0) is 18.6 Å². The van der Waals surface area contributed by atoms with Gasteiger partial charge < -0.3 is 14.8 Å². The molecular weight excluding hydrogens is 366 g/mol. The Morgan fingerprint density at radius 3 is 2.76 bits per heavy atom. The van der Waals surface area contributed by atoms with Crippen LogP contribution in [0.2, 0.25) is 0 Å². The third-order valence-electron chi connectivity index (χ3n) is 3.55. The second kappa shape index (κ2) is 9.21. The summed E-state index contributed by atoms with van der Waals surface area (Å²) in [5.41, 5.74) is 0.335. The number of esters is 1. The molecule has 0 radical (unpaired) electrons. The Labute approximate surface area is 151 Å². The highest BCUT2D eigenvalue weighted by molar-refractivity contribution is 8.02. The smallest absolute Gasteiger partial charge is 0.339 e. The number of carbonyl (C=O) groups is 2. The first kappa shape index (κ1) is 19.7. The molecule has 0 spiro atoms. The molecule has 1 heterocycles. The summed E-state index contributed by atoms with van der Waals surface area (Å²) in [5, 5.41) is 2.49. The number of carbonyl (C=O) groups excluding carboxylic acids is 2. The molecule has 0 aromatic heterocycles. The van der Waals surface area contributed by atoms with Crippen LogP contribution in [0.3, 0.4) is 0 Å². The van der Waals surface area contributed by atoms with Crippen molar-refractivity contribution in [1.82, 2.24) is 5.32 Å². The highest BCUT2D eigenvalue weighted by Crippen LogP contribution is 2.33. The fourth-order valence-corrected chi connectivity index (χ4v) is 5.94. The predicted molar refractivity (Wildman–Crippen MR) is 94.5 cm³/mol. The zero-order chi connectivity index (χ0) is 18.3. The number of rotatable bonds is 8. The van der Waals surface area contributed by atoms with Crippen LogP contribution < -0.4 is 5.32 Å². The van der Waals surface area contributed by atoms with Gasteiger partial charge in [0.15, 0.2) is 16.4 Å². The van der Waals surface area contributed by atoms with Crippen LogP contribution in [0.4, 0.5) is 0 Å². The molecule has 1 aromatic rings. The van der Waals surface area contributed by atoms with Gasteiger partial charge in [0.25, 0.3) is 5.91 Å². The van der Waals surface area contributed by atoms with Gasteiger partial charge in [-0.15, -0.1) is 11.8 Å². The average molecular weight is 387 g/mol. The first-order valence-corrected chi connectivity index (χ1v) is 10.5. The zero-order valence-corrected chi connectivity index (χ0v) is 15.5. The fourth-order valence-electron chi connectivity index (χ4n) is 2.32. The SMILES string of the molecule is COCCNC(=O)COC(=O)c1ccccc1S[C@H]1CCS(=O)(=O)C1. The Bertz CT molecular complexity index is 719. The Kier molecular flexibility index (Phi) is 7.27. The number of amides is 1. The zero-order valence-electron chi connectivity index (χ0n) is 13.9. The largest absolute Gasteiger partial charge is 0.452 e. The highest BCUT2D eigenvalue weighted by atomic mass is 32.2. The van der Waals surface area contributed by atoms with E-state index in [1.54, 1.807) is 24.3 Å². The second-order valence-electron chi connectivity index (χ2n) is 5.56. The van der Waals surface area contributed by atoms with E-state index in [9.17, 15) is 18.0 Å². The minimum absolute atomic E-state index is 0.0729. The molecule has 1 saturated heterocycles. The number of sulfone groups is 1. The van der Waals surface area contributed by atoms with Crippen molar-refractivity contribution in [2.24, 2.45) is 0 Å². The highest BCUT2D eigenvalue weighted by Gasteiger charge is 2.29. The molecule has 1 amide bonds. The van der Waals surface area contributed by atoms with Gasteiger partial charge in [-0.25, -0.2) is 13.2 Å². The van der Waals surface area contributed by atoms with E-state index in [-0.39, 0.29) is 23.4 Å². The molecule has 0 bridgehead atoms. The van der Waals surface area contributed by atoms with Crippen molar-refractivity contribution >= 4 is 33.5 Å². The number of ether oxygens (including phenoxy) is 2. The standard InChI is InChI=1S/C16H21NO6S2/c1-22-8-7-17-15(18)10-23-16(19)13-4-2-3-5-14(13)24-12-6-9-25(20,21)11-12/h2-5,12H,6-11H2,1H3,(H,17,18)/t12-/m0/s1. The number of benzene rings is 1. The van der Waals surface area contributed by atoms with E-state index in [1.165, 1.54) is 18.9 Å². The molecule has 1 aliphatic rings. The quantitative estimate of drug-likeness (QED) is 0.522.